The number of carbonyl (C=O) groups is 1. The Bertz CT molecular complexity index is 396. The number of nitrogens with zero attached hydrogens (tertiary/aromatic N) is 1. The molecule has 3 heterocycles. The Hall–Kier alpha value is 0.170. The summed E-state index contributed by atoms with van der Waals surface area (Å²) in [4.78, 5) is 15.1. The molecule has 3 saturated heterocycles. The Kier molecular flexibility index (Phi) is 4.96. The summed E-state index contributed by atoms with van der Waals surface area (Å²) in [6.45, 7) is 1.09. The molecule has 0 spiro atoms. The van der Waals surface area contributed by atoms with Gasteiger partial charge in [0.25, 0.3) is 0 Å². The van der Waals surface area contributed by atoms with E-state index in [9.17, 15) is 4.79 Å². The smallest absolute Gasteiger partial charge is 0.222 e. The van der Waals surface area contributed by atoms with Crippen molar-refractivity contribution in [3.63, 3.8) is 0 Å². The van der Waals surface area contributed by atoms with E-state index in [0.29, 0.717) is 11.9 Å². The fourth-order valence-electron chi connectivity index (χ4n) is 5.45. The van der Waals surface area contributed by atoms with Crippen LogP contribution in [0, 0.1) is 17.8 Å². The third-order valence-electron chi connectivity index (χ3n) is 6.32. The van der Waals surface area contributed by atoms with Gasteiger partial charge in [0.05, 0.1) is 0 Å². The van der Waals surface area contributed by atoms with Gasteiger partial charge in [-0.2, -0.15) is 0 Å². The van der Waals surface area contributed by atoms with Crippen LogP contribution < -0.4 is 0 Å². The first kappa shape index (κ1) is 15.7. The van der Waals surface area contributed by atoms with E-state index in [1.807, 2.05) is 10.8 Å². The molecular formula is C18H29NOS2. The molecule has 5 rings (SSSR count). The Labute approximate surface area is 142 Å². The number of amides is 1. The molecule has 1 amide bonds. The number of rotatable bonds is 5. The van der Waals surface area contributed by atoms with Crippen molar-refractivity contribution in [2.75, 3.05) is 12.3 Å². The van der Waals surface area contributed by atoms with Gasteiger partial charge < -0.3 is 4.90 Å². The number of fused-ring (bicyclic) bond motifs is 1. The largest absolute Gasteiger partial charge is 0.339 e. The van der Waals surface area contributed by atoms with Crippen molar-refractivity contribution in [3.8, 4) is 0 Å². The zero-order valence-corrected chi connectivity index (χ0v) is 15.2. The van der Waals surface area contributed by atoms with Gasteiger partial charge in [-0.15, -0.1) is 0 Å². The van der Waals surface area contributed by atoms with Gasteiger partial charge in [0.15, 0.2) is 0 Å². The monoisotopic (exact) mass is 339 g/mol. The lowest BCUT2D eigenvalue weighted by Crippen LogP contribution is -2.42. The first-order valence-corrected chi connectivity index (χ1v) is 11.7. The summed E-state index contributed by atoms with van der Waals surface area (Å²) < 4.78 is 0. The maximum Gasteiger partial charge on any atom is 0.222 e. The topological polar surface area (TPSA) is 20.3 Å². The van der Waals surface area contributed by atoms with Gasteiger partial charge in [-0.3, -0.25) is 4.79 Å². The van der Waals surface area contributed by atoms with Crippen LogP contribution in [0.15, 0.2) is 0 Å². The molecule has 0 aromatic heterocycles. The predicted molar refractivity (Wildman–Crippen MR) is 96.0 cm³/mol. The van der Waals surface area contributed by atoms with E-state index < -0.39 is 0 Å². The van der Waals surface area contributed by atoms with Crippen LogP contribution in [0.4, 0.5) is 0 Å². The first-order chi connectivity index (χ1) is 10.8. The standard InChI is InChI=1S/C18H29NOS2/c20-18(4-2-1-3-17-5-6-21-22-17)19-12-15-8-13-7-14(9-15)11-16(19)10-13/h13-17H,1-12H2/t13-,14+,15?,16?,17-/m1/s1. The minimum Gasteiger partial charge on any atom is -0.339 e. The summed E-state index contributed by atoms with van der Waals surface area (Å²) >= 11 is 0. The average Bonchev–Trinajstić information content (AvgIpc) is 2.93. The fourth-order valence-corrected chi connectivity index (χ4v) is 8.47. The fraction of sp³-hybridized carbons (Fsp3) is 0.944. The molecule has 2 saturated carbocycles. The molecule has 22 heavy (non-hydrogen) atoms. The number of unbranched alkanes of at least 4 members (excludes halogenated alkanes) is 1. The highest BCUT2D eigenvalue weighted by Crippen LogP contribution is 2.47. The summed E-state index contributed by atoms with van der Waals surface area (Å²) in [5.74, 6) is 4.51. The molecule has 0 aromatic carbocycles. The van der Waals surface area contributed by atoms with Gasteiger partial charge in [0.2, 0.25) is 5.91 Å². The van der Waals surface area contributed by atoms with Gasteiger partial charge in [-0.05, 0) is 69.1 Å². The molecule has 4 heteroatoms. The van der Waals surface area contributed by atoms with Crippen molar-refractivity contribution < 1.29 is 4.79 Å². The Balaban J connectivity index is 1.25. The van der Waals surface area contributed by atoms with Gasteiger partial charge in [0, 0.05) is 30.0 Å². The summed E-state index contributed by atoms with van der Waals surface area (Å²) in [7, 11) is 4.10. The Morgan fingerprint density at radius 2 is 1.77 bits per heavy atom. The van der Waals surface area contributed by atoms with E-state index in [-0.39, 0.29) is 0 Å². The zero-order chi connectivity index (χ0) is 14.9. The maximum atomic E-state index is 12.7. The van der Waals surface area contributed by atoms with Crippen LogP contribution in [0.5, 0.6) is 0 Å². The predicted octanol–water partition coefficient (Wildman–Crippen LogP) is 4.74. The lowest BCUT2D eigenvalue weighted by molar-refractivity contribution is -0.134. The van der Waals surface area contributed by atoms with Crippen LogP contribution in [0.2, 0.25) is 0 Å². The third kappa shape index (κ3) is 3.48. The average molecular weight is 340 g/mol. The number of hydrogen-bond acceptors (Lipinski definition) is 3. The molecule has 5 aliphatic rings. The third-order valence-corrected chi connectivity index (χ3v) is 9.33. The second kappa shape index (κ2) is 6.96. The van der Waals surface area contributed by atoms with Gasteiger partial charge in [0.1, 0.15) is 0 Å². The molecule has 2 aliphatic carbocycles. The van der Waals surface area contributed by atoms with Gasteiger partial charge >= 0.3 is 0 Å². The minimum atomic E-state index is 0.478. The quantitative estimate of drug-likeness (QED) is 0.533. The van der Waals surface area contributed by atoms with E-state index in [1.54, 1.807) is 0 Å². The van der Waals surface area contributed by atoms with Gasteiger partial charge in [-0.1, -0.05) is 28.0 Å². The summed E-state index contributed by atoms with van der Waals surface area (Å²) in [6, 6.07) is 0.602. The van der Waals surface area contributed by atoms with Crippen molar-refractivity contribution >= 4 is 27.5 Å². The SMILES string of the molecule is O=C(CCCC[C@@H]1CCSS1)N1CC2C[C@@H]3CC1C[C@H](C2)C3. The summed E-state index contributed by atoms with van der Waals surface area (Å²) in [5.41, 5.74) is 0. The van der Waals surface area contributed by atoms with Crippen molar-refractivity contribution in [3.05, 3.63) is 0 Å². The van der Waals surface area contributed by atoms with Crippen LogP contribution in [0.25, 0.3) is 0 Å². The highest BCUT2D eigenvalue weighted by Gasteiger charge is 2.43. The van der Waals surface area contributed by atoms with Crippen molar-refractivity contribution in [1.29, 1.82) is 0 Å². The van der Waals surface area contributed by atoms with Crippen LogP contribution in [0.3, 0.4) is 0 Å². The molecule has 2 unspecified atom stereocenters. The molecule has 4 bridgehead atoms. The molecule has 0 radical (unpaired) electrons. The molecule has 3 aliphatic heterocycles. The van der Waals surface area contributed by atoms with E-state index in [0.717, 1.165) is 42.4 Å². The molecule has 5 atom stereocenters. The number of hydrogen-bond donors (Lipinski definition) is 0. The van der Waals surface area contributed by atoms with Crippen LogP contribution in [-0.4, -0.2) is 34.4 Å². The van der Waals surface area contributed by atoms with Crippen molar-refractivity contribution in [2.24, 2.45) is 17.8 Å². The lowest BCUT2D eigenvalue weighted by Gasteiger charge is -2.39. The molecule has 2 nitrogen and oxygen atoms in total. The van der Waals surface area contributed by atoms with Crippen molar-refractivity contribution in [2.45, 2.75) is 75.5 Å². The molecular weight excluding hydrogens is 310 g/mol. The normalized spacial score (nSPS) is 40.2. The lowest BCUT2D eigenvalue weighted by atomic mass is 9.68. The van der Waals surface area contributed by atoms with E-state index in [4.69, 9.17) is 0 Å². The summed E-state index contributed by atoms with van der Waals surface area (Å²) in [6.07, 6.45) is 12.8. The molecule has 124 valence electrons. The highest BCUT2D eigenvalue weighted by atomic mass is 33.1. The van der Waals surface area contributed by atoms with E-state index in [1.165, 1.54) is 57.1 Å². The van der Waals surface area contributed by atoms with E-state index in [2.05, 4.69) is 15.7 Å². The molecule has 0 N–H and O–H groups in total. The van der Waals surface area contributed by atoms with Crippen LogP contribution in [0.1, 0.15) is 64.2 Å². The van der Waals surface area contributed by atoms with Crippen LogP contribution in [-0.2, 0) is 4.79 Å². The zero-order valence-electron chi connectivity index (χ0n) is 13.5. The second-order valence-corrected chi connectivity index (χ2v) is 10.8. The first-order valence-electron chi connectivity index (χ1n) is 9.35. The van der Waals surface area contributed by atoms with Gasteiger partial charge in [-0.25, -0.2) is 0 Å². The Morgan fingerprint density at radius 1 is 1.00 bits per heavy atom. The highest BCUT2D eigenvalue weighted by molar-refractivity contribution is 8.77. The van der Waals surface area contributed by atoms with Crippen molar-refractivity contribution in [1.82, 2.24) is 4.90 Å². The van der Waals surface area contributed by atoms with Crippen LogP contribution >= 0.6 is 21.6 Å². The number of carbonyl (C=O) groups excluding carboxylic acids is 1. The minimum absolute atomic E-state index is 0.478. The summed E-state index contributed by atoms with van der Waals surface area (Å²) in [5, 5.41) is 0.865. The second-order valence-electron chi connectivity index (χ2n) is 8.05. The molecule has 0 aromatic rings. The maximum absolute atomic E-state index is 12.7. The van der Waals surface area contributed by atoms with E-state index >= 15 is 0 Å². The Morgan fingerprint density at radius 3 is 2.50 bits per heavy atom. The molecule has 5 fully saturated rings.